The van der Waals surface area contributed by atoms with Crippen LogP contribution in [0.3, 0.4) is 0 Å². The molecule has 6 nitrogen and oxygen atoms in total. The summed E-state index contributed by atoms with van der Waals surface area (Å²) in [5.74, 6) is 0.416. The second-order valence-electron chi connectivity index (χ2n) is 5.47. The first-order chi connectivity index (χ1) is 9.60. The van der Waals surface area contributed by atoms with Crippen molar-refractivity contribution in [3.63, 3.8) is 0 Å². The molecule has 1 aromatic rings. The number of hydrogen-bond donors (Lipinski definition) is 0. The molecule has 0 saturated carbocycles. The van der Waals surface area contributed by atoms with E-state index in [0.717, 1.165) is 29.9 Å². The zero-order valence-corrected chi connectivity index (χ0v) is 12.0. The van der Waals surface area contributed by atoms with E-state index in [9.17, 15) is 4.79 Å². The van der Waals surface area contributed by atoms with Crippen molar-refractivity contribution in [2.45, 2.75) is 38.9 Å². The molecule has 0 atom stereocenters. The van der Waals surface area contributed by atoms with Gasteiger partial charge in [-0.05, 0) is 13.8 Å². The largest absolute Gasteiger partial charge is 0.361 e. The smallest absolute Gasteiger partial charge is 0.227 e. The number of carbonyl (C=O) groups is 1. The predicted octanol–water partition coefficient (Wildman–Crippen LogP) is 1.20. The van der Waals surface area contributed by atoms with E-state index < -0.39 is 5.79 Å². The van der Waals surface area contributed by atoms with Crippen molar-refractivity contribution in [2.75, 3.05) is 26.3 Å². The van der Waals surface area contributed by atoms with Gasteiger partial charge in [0.15, 0.2) is 5.79 Å². The van der Waals surface area contributed by atoms with Gasteiger partial charge in [-0.1, -0.05) is 5.16 Å². The van der Waals surface area contributed by atoms with Crippen molar-refractivity contribution in [1.29, 1.82) is 0 Å². The quantitative estimate of drug-likeness (QED) is 0.814. The molecule has 2 fully saturated rings. The van der Waals surface area contributed by atoms with Crippen LogP contribution < -0.4 is 0 Å². The number of hydrogen-bond acceptors (Lipinski definition) is 5. The molecule has 3 heterocycles. The van der Waals surface area contributed by atoms with E-state index in [1.807, 2.05) is 18.7 Å². The molecule has 3 rings (SSSR count). The van der Waals surface area contributed by atoms with Crippen LogP contribution in [0.25, 0.3) is 0 Å². The second-order valence-corrected chi connectivity index (χ2v) is 5.47. The van der Waals surface area contributed by atoms with Gasteiger partial charge in [0.1, 0.15) is 5.76 Å². The molecule has 0 radical (unpaired) electrons. The van der Waals surface area contributed by atoms with Crippen LogP contribution in [0.15, 0.2) is 4.52 Å². The lowest BCUT2D eigenvalue weighted by Gasteiger charge is -2.37. The summed E-state index contributed by atoms with van der Waals surface area (Å²) in [6, 6.07) is 0. The zero-order chi connectivity index (χ0) is 14.2. The van der Waals surface area contributed by atoms with Gasteiger partial charge < -0.3 is 18.9 Å². The molecule has 6 heteroatoms. The Hall–Kier alpha value is -1.40. The molecule has 1 amide bonds. The molecule has 2 saturated heterocycles. The lowest BCUT2D eigenvalue weighted by atomic mass is 10.0. The van der Waals surface area contributed by atoms with Crippen molar-refractivity contribution in [3.8, 4) is 0 Å². The van der Waals surface area contributed by atoms with Gasteiger partial charge in [0.05, 0.1) is 25.3 Å². The fourth-order valence-electron chi connectivity index (χ4n) is 2.90. The number of carbonyl (C=O) groups excluding carboxylic acids is 1. The van der Waals surface area contributed by atoms with Gasteiger partial charge in [0.2, 0.25) is 5.91 Å². The number of nitrogens with zero attached hydrogens (tertiary/aromatic N) is 2. The highest BCUT2D eigenvalue weighted by Crippen LogP contribution is 2.31. The van der Waals surface area contributed by atoms with E-state index in [-0.39, 0.29) is 5.91 Å². The monoisotopic (exact) mass is 280 g/mol. The molecule has 110 valence electrons. The van der Waals surface area contributed by atoms with E-state index in [1.54, 1.807) is 0 Å². The first-order valence-corrected chi connectivity index (χ1v) is 7.07. The Morgan fingerprint density at radius 2 is 1.90 bits per heavy atom. The van der Waals surface area contributed by atoms with Crippen LogP contribution in [0.5, 0.6) is 0 Å². The number of rotatable bonds is 2. The highest BCUT2D eigenvalue weighted by atomic mass is 16.7. The van der Waals surface area contributed by atoms with Crippen LogP contribution >= 0.6 is 0 Å². The van der Waals surface area contributed by atoms with Gasteiger partial charge in [-0.15, -0.1) is 0 Å². The fourth-order valence-corrected chi connectivity index (χ4v) is 2.90. The molecule has 0 aliphatic carbocycles. The van der Waals surface area contributed by atoms with Crippen molar-refractivity contribution >= 4 is 5.91 Å². The number of ether oxygens (including phenoxy) is 2. The first kappa shape index (κ1) is 13.6. The summed E-state index contributed by atoms with van der Waals surface area (Å²) in [5.41, 5.74) is 1.70. The number of likely N-dealkylation sites (tertiary alicyclic amines) is 1. The van der Waals surface area contributed by atoms with Crippen LogP contribution in [0.4, 0.5) is 0 Å². The third kappa shape index (κ3) is 2.45. The third-order valence-corrected chi connectivity index (χ3v) is 4.20. The van der Waals surface area contributed by atoms with E-state index in [2.05, 4.69) is 5.16 Å². The maximum absolute atomic E-state index is 12.3. The van der Waals surface area contributed by atoms with E-state index in [1.165, 1.54) is 0 Å². The maximum Gasteiger partial charge on any atom is 0.227 e. The summed E-state index contributed by atoms with van der Waals surface area (Å²) < 4.78 is 16.4. The SMILES string of the molecule is Cc1noc(C)c1CC(=O)N1CCC2(CC1)OCCO2. The molecule has 1 spiro atoms. The number of piperidine rings is 1. The molecule has 20 heavy (non-hydrogen) atoms. The Kier molecular flexibility index (Phi) is 3.52. The molecule has 0 bridgehead atoms. The number of amides is 1. The Morgan fingerprint density at radius 1 is 1.25 bits per heavy atom. The highest BCUT2D eigenvalue weighted by molar-refractivity contribution is 5.79. The molecule has 0 N–H and O–H groups in total. The first-order valence-electron chi connectivity index (χ1n) is 7.07. The third-order valence-electron chi connectivity index (χ3n) is 4.20. The van der Waals surface area contributed by atoms with Gasteiger partial charge in [-0.2, -0.15) is 0 Å². The van der Waals surface area contributed by atoms with Crippen molar-refractivity contribution in [3.05, 3.63) is 17.0 Å². The Bertz CT molecular complexity index is 476. The van der Waals surface area contributed by atoms with Crippen molar-refractivity contribution < 1.29 is 18.8 Å². The highest BCUT2D eigenvalue weighted by Gasteiger charge is 2.40. The van der Waals surface area contributed by atoms with Gasteiger partial charge >= 0.3 is 0 Å². The lowest BCUT2D eigenvalue weighted by molar-refractivity contribution is -0.187. The van der Waals surface area contributed by atoms with Crippen LogP contribution in [-0.2, 0) is 20.7 Å². The fraction of sp³-hybridized carbons (Fsp3) is 0.714. The summed E-state index contributed by atoms with van der Waals surface area (Å²) in [7, 11) is 0. The summed E-state index contributed by atoms with van der Waals surface area (Å²) in [6.45, 7) is 6.39. The van der Waals surface area contributed by atoms with Crippen LogP contribution in [-0.4, -0.2) is 48.1 Å². The Morgan fingerprint density at radius 3 is 2.45 bits per heavy atom. The molecule has 2 aliphatic rings. The summed E-state index contributed by atoms with van der Waals surface area (Å²) in [4.78, 5) is 14.2. The summed E-state index contributed by atoms with van der Waals surface area (Å²) in [6.07, 6.45) is 1.86. The average molecular weight is 280 g/mol. The standard InChI is InChI=1S/C14H20N2O4/c1-10-12(11(2)20-15-10)9-13(17)16-5-3-14(4-6-16)18-7-8-19-14/h3-9H2,1-2H3. The number of aromatic nitrogens is 1. The Balaban J connectivity index is 1.59. The van der Waals surface area contributed by atoms with E-state index in [0.29, 0.717) is 32.7 Å². The van der Waals surface area contributed by atoms with Gasteiger partial charge in [0, 0.05) is 31.5 Å². The summed E-state index contributed by atoms with van der Waals surface area (Å²) in [5, 5.41) is 3.89. The molecule has 0 aromatic carbocycles. The normalized spacial score (nSPS) is 21.6. The molecule has 2 aliphatic heterocycles. The van der Waals surface area contributed by atoms with Crippen LogP contribution in [0, 0.1) is 13.8 Å². The topological polar surface area (TPSA) is 64.8 Å². The average Bonchev–Trinajstić information content (AvgIpc) is 3.02. The van der Waals surface area contributed by atoms with Crippen LogP contribution in [0.2, 0.25) is 0 Å². The minimum atomic E-state index is -0.431. The molecular formula is C14H20N2O4. The second kappa shape index (κ2) is 5.18. The van der Waals surface area contributed by atoms with Crippen molar-refractivity contribution in [1.82, 2.24) is 10.1 Å². The number of aryl methyl sites for hydroxylation is 2. The van der Waals surface area contributed by atoms with Gasteiger partial charge in [-0.3, -0.25) is 4.79 Å². The van der Waals surface area contributed by atoms with E-state index >= 15 is 0 Å². The summed E-state index contributed by atoms with van der Waals surface area (Å²) >= 11 is 0. The molecular weight excluding hydrogens is 260 g/mol. The van der Waals surface area contributed by atoms with Crippen LogP contribution in [0.1, 0.15) is 29.9 Å². The van der Waals surface area contributed by atoms with Gasteiger partial charge in [-0.25, -0.2) is 0 Å². The maximum atomic E-state index is 12.3. The molecule has 1 aromatic heterocycles. The lowest BCUT2D eigenvalue weighted by Crippen LogP contribution is -2.47. The molecule has 0 unspecified atom stereocenters. The van der Waals surface area contributed by atoms with Gasteiger partial charge in [0.25, 0.3) is 0 Å². The Labute approximate surface area is 118 Å². The van der Waals surface area contributed by atoms with Crippen molar-refractivity contribution in [2.24, 2.45) is 0 Å². The zero-order valence-electron chi connectivity index (χ0n) is 12.0. The van der Waals surface area contributed by atoms with E-state index in [4.69, 9.17) is 14.0 Å². The minimum Gasteiger partial charge on any atom is -0.361 e. The minimum absolute atomic E-state index is 0.118. The predicted molar refractivity (Wildman–Crippen MR) is 70.1 cm³/mol.